The number of anilines is 1. The van der Waals surface area contributed by atoms with Crippen molar-refractivity contribution in [3.8, 4) is 0 Å². The van der Waals surface area contributed by atoms with Crippen molar-refractivity contribution in [1.29, 1.82) is 0 Å². The summed E-state index contributed by atoms with van der Waals surface area (Å²) in [5, 5.41) is 10.3. The van der Waals surface area contributed by atoms with Crippen LogP contribution in [0.1, 0.15) is 42.8 Å². The van der Waals surface area contributed by atoms with E-state index in [1.165, 1.54) is 0 Å². The minimum atomic E-state index is -0.410. The van der Waals surface area contributed by atoms with Crippen LogP contribution in [-0.2, 0) is 12.8 Å². The van der Waals surface area contributed by atoms with E-state index in [0.29, 0.717) is 35.1 Å². The molecule has 1 N–H and O–H groups in total. The van der Waals surface area contributed by atoms with E-state index in [1.54, 1.807) is 18.2 Å². The van der Waals surface area contributed by atoms with Crippen LogP contribution in [0.25, 0.3) is 5.57 Å². The zero-order chi connectivity index (χ0) is 20.9. The Morgan fingerprint density at radius 3 is 2.86 bits per heavy atom. The molecule has 0 saturated carbocycles. The summed E-state index contributed by atoms with van der Waals surface area (Å²) in [7, 11) is 0. The minimum Gasteiger partial charge on any atom is -0.508 e. The number of nitrogens with zero attached hydrogens (tertiary/aromatic N) is 2. The molecule has 3 nitrogen and oxygen atoms in total. The van der Waals surface area contributed by atoms with Gasteiger partial charge in [-0.2, -0.15) is 0 Å². The summed E-state index contributed by atoms with van der Waals surface area (Å²) in [5.41, 5.74) is 5.55. The number of benzene rings is 1. The fraction of sp³-hybridized carbons (Fsp3) is 0.292. The van der Waals surface area contributed by atoms with Crippen LogP contribution in [0, 0.1) is 11.7 Å². The van der Waals surface area contributed by atoms with E-state index < -0.39 is 5.82 Å². The second kappa shape index (κ2) is 7.34. The first-order chi connectivity index (χ1) is 13.8. The number of pyridine rings is 1. The van der Waals surface area contributed by atoms with E-state index in [-0.39, 0.29) is 10.8 Å². The fourth-order valence-electron chi connectivity index (χ4n) is 4.33. The van der Waals surface area contributed by atoms with Crippen LogP contribution in [0.3, 0.4) is 0 Å². The molecule has 2 aliphatic rings. The molecular weight excluding hydrogens is 387 g/mol. The lowest BCUT2D eigenvalue weighted by Crippen LogP contribution is -2.41. The summed E-state index contributed by atoms with van der Waals surface area (Å²) >= 11 is 5.94. The maximum atomic E-state index is 14.4. The van der Waals surface area contributed by atoms with Crippen LogP contribution in [0.4, 0.5) is 10.1 Å². The second-order valence-electron chi connectivity index (χ2n) is 8.07. The summed E-state index contributed by atoms with van der Waals surface area (Å²) in [6, 6.07) is 7.27. The molecule has 1 aromatic carbocycles. The Morgan fingerprint density at radius 1 is 1.41 bits per heavy atom. The summed E-state index contributed by atoms with van der Waals surface area (Å²) in [6.45, 7) is 12.3. The van der Waals surface area contributed by atoms with Gasteiger partial charge in [-0.15, -0.1) is 0 Å². The fourth-order valence-corrected chi connectivity index (χ4v) is 4.52. The molecule has 0 aliphatic carbocycles. The third kappa shape index (κ3) is 3.36. The molecule has 29 heavy (non-hydrogen) atoms. The zero-order valence-electron chi connectivity index (χ0n) is 16.7. The van der Waals surface area contributed by atoms with Crippen LogP contribution in [-0.4, -0.2) is 16.1 Å². The van der Waals surface area contributed by atoms with Gasteiger partial charge in [0, 0.05) is 35.5 Å². The molecular formula is C24H24ClFN2O. The van der Waals surface area contributed by atoms with Crippen LogP contribution in [0.2, 0.25) is 5.02 Å². The average Bonchev–Trinajstić information content (AvgIpc) is 2.67. The van der Waals surface area contributed by atoms with Crippen molar-refractivity contribution in [2.24, 2.45) is 5.92 Å². The highest BCUT2D eigenvalue weighted by Gasteiger charge is 2.35. The van der Waals surface area contributed by atoms with Gasteiger partial charge in [0.25, 0.3) is 0 Å². The van der Waals surface area contributed by atoms with E-state index >= 15 is 0 Å². The number of halogens is 2. The van der Waals surface area contributed by atoms with Gasteiger partial charge in [0.1, 0.15) is 11.6 Å². The molecule has 0 saturated heterocycles. The number of allylic oxidation sites excluding steroid dienone is 1. The monoisotopic (exact) mass is 410 g/mol. The quantitative estimate of drug-likeness (QED) is 0.607. The number of aryl methyl sites for hydroxylation is 1. The maximum absolute atomic E-state index is 14.4. The Balaban J connectivity index is 1.84. The van der Waals surface area contributed by atoms with Crippen molar-refractivity contribution in [1.82, 2.24) is 4.98 Å². The topological polar surface area (TPSA) is 36.4 Å². The lowest BCUT2D eigenvalue weighted by atomic mass is 9.84. The summed E-state index contributed by atoms with van der Waals surface area (Å²) in [6.07, 6.45) is 4.09. The number of hydrogen-bond acceptors (Lipinski definition) is 3. The Kier molecular flexibility index (Phi) is 4.99. The van der Waals surface area contributed by atoms with E-state index in [4.69, 9.17) is 16.6 Å². The molecule has 0 amide bonds. The molecule has 1 atom stereocenters. The molecule has 0 fully saturated rings. The molecule has 3 heterocycles. The van der Waals surface area contributed by atoms with E-state index in [2.05, 4.69) is 31.9 Å². The van der Waals surface area contributed by atoms with Crippen LogP contribution < -0.4 is 4.90 Å². The van der Waals surface area contributed by atoms with Crippen molar-refractivity contribution in [3.63, 3.8) is 0 Å². The molecule has 0 radical (unpaired) electrons. The summed E-state index contributed by atoms with van der Waals surface area (Å²) < 4.78 is 14.4. The number of aliphatic hydroxyl groups is 1. The van der Waals surface area contributed by atoms with Gasteiger partial charge in [-0.25, -0.2) is 4.39 Å². The number of aliphatic hydroxyl groups excluding tert-OH is 1. The average molecular weight is 411 g/mol. The van der Waals surface area contributed by atoms with Crippen molar-refractivity contribution in [2.75, 3.05) is 4.90 Å². The van der Waals surface area contributed by atoms with Gasteiger partial charge in [0.15, 0.2) is 0 Å². The largest absolute Gasteiger partial charge is 0.508 e. The molecule has 5 heteroatoms. The van der Waals surface area contributed by atoms with Crippen LogP contribution >= 0.6 is 11.6 Å². The Morgan fingerprint density at radius 2 is 2.17 bits per heavy atom. The van der Waals surface area contributed by atoms with Gasteiger partial charge in [-0.05, 0) is 42.0 Å². The summed E-state index contributed by atoms with van der Waals surface area (Å²) in [4.78, 5) is 7.07. The third-order valence-corrected chi connectivity index (χ3v) is 6.10. The van der Waals surface area contributed by atoms with Gasteiger partial charge in [0.05, 0.1) is 16.4 Å². The van der Waals surface area contributed by atoms with Gasteiger partial charge in [-0.3, -0.25) is 4.98 Å². The van der Waals surface area contributed by atoms with E-state index in [9.17, 15) is 9.50 Å². The first-order valence-corrected chi connectivity index (χ1v) is 10.2. The number of aromatic nitrogens is 1. The first kappa shape index (κ1) is 19.7. The minimum absolute atomic E-state index is 0.00507. The predicted molar refractivity (Wildman–Crippen MR) is 117 cm³/mol. The Labute approximate surface area is 175 Å². The highest BCUT2D eigenvalue weighted by Crippen LogP contribution is 2.45. The maximum Gasteiger partial charge on any atom is 0.145 e. The predicted octanol–water partition coefficient (Wildman–Crippen LogP) is 6.22. The second-order valence-corrected chi connectivity index (χ2v) is 8.48. The van der Waals surface area contributed by atoms with Crippen molar-refractivity contribution in [3.05, 3.63) is 88.3 Å². The van der Waals surface area contributed by atoms with Gasteiger partial charge < -0.3 is 10.0 Å². The lowest BCUT2D eigenvalue weighted by molar-refractivity contribution is 0.421. The molecule has 0 bridgehead atoms. The molecule has 2 aliphatic heterocycles. The molecule has 4 rings (SSSR count). The molecule has 0 spiro atoms. The number of rotatable bonds is 4. The van der Waals surface area contributed by atoms with Gasteiger partial charge in [-0.1, -0.05) is 50.7 Å². The molecule has 1 unspecified atom stereocenters. The smallest absolute Gasteiger partial charge is 0.145 e. The normalized spacial score (nSPS) is 18.0. The highest BCUT2D eigenvalue weighted by molar-refractivity contribution is 6.30. The van der Waals surface area contributed by atoms with E-state index in [1.807, 2.05) is 12.3 Å². The van der Waals surface area contributed by atoms with Crippen LogP contribution in [0.5, 0.6) is 0 Å². The van der Waals surface area contributed by atoms with Gasteiger partial charge in [0.2, 0.25) is 0 Å². The first-order valence-electron chi connectivity index (χ1n) is 9.81. The standard InChI is InChI=1S/C24H24ClFN2O/c1-13(2)22-9-8-21-24-18(14(3)19(15(4)29)12-28(22)24)11-17(27-21)10-16-6-5-7-20(25)23(16)26/h5-7,11-13,22,29H,3-4,8-10H2,1-2H3. The highest BCUT2D eigenvalue weighted by atomic mass is 35.5. The molecule has 2 aromatic rings. The molecule has 150 valence electrons. The lowest BCUT2D eigenvalue weighted by Gasteiger charge is -2.43. The van der Waals surface area contributed by atoms with Crippen LogP contribution in [0.15, 0.2) is 55.0 Å². The zero-order valence-corrected chi connectivity index (χ0v) is 17.4. The molecule has 1 aromatic heterocycles. The SMILES string of the molecule is C=C(O)C1=CN2c3c(cc(Cc4cccc(Cl)c4F)nc3CCC2C(C)C)C1=C. The van der Waals surface area contributed by atoms with Crippen molar-refractivity contribution >= 4 is 22.9 Å². The van der Waals surface area contributed by atoms with Gasteiger partial charge >= 0.3 is 0 Å². The number of hydrogen-bond donors (Lipinski definition) is 1. The van der Waals surface area contributed by atoms with Crippen molar-refractivity contribution < 1.29 is 9.50 Å². The summed E-state index contributed by atoms with van der Waals surface area (Å²) in [5.74, 6) is 0.0218. The Hall–Kier alpha value is -2.59. The Bertz CT molecular complexity index is 1060. The third-order valence-electron chi connectivity index (χ3n) is 5.81. The van der Waals surface area contributed by atoms with E-state index in [0.717, 1.165) is 35.5 Å². The van der Waals surface area contributed by atoms with Crippen molar-refractivity contribution in [2.45, 2.75) is 39.2 Å².